The van der Waals surface area contributed by atoms with Gasteiger partial charge in [0, 0.05) is 36.3 Å². The second-order valence-corrected chi connectivity index (χ2v) is 8.56. The van der Waals surface area contributed by atoms with Crippen molar-refractivity contribution in [2.45, 2.75) is 19.9 Å². The van der Waals surface area contributed by atoms with Crippen LogP contribution in [-0.4, -0.2) is 41.6 Å². The van der Waals surface area contributed by atoms with Crippen LogP contribution < -0.4 is 5.32 Å². The molecule has 1 N–H and O–H groups in total. The van der Waals surface area contributed by atoms with Crippen molar-refractivity contribution in [1.82, 2.24) is 4.90 Å². The van der Waals surface area contributed by atoms with E-state index >= 15 is 0 Å². The highest BCUT2D eigenvalue weighted by molar-refractivity contribution is 8.13. The molecule has 1 aliphatic rings. The fourth-order valence-electron chi connectivity index (χ4n) is 3.05. The van der Waals surface area contributed by atoms with Gasteiger partial charge in [-0.2, -0.15) is 0 Å². The lowest BCUT2D eigenvalue weighted by molar-refractivity contribution is -0.111. The monoisotopic (exact) mass is 413 g/mol. The van der Waals surface area contributed by atoms with E-state index in [0.717, 1.165) is 33.2 Å². The van der Waals surface area contributed by atoms with Crippen molar-refractivity contribution in [3.63, 3.8) is 0 Å². The lowest BCUT2D eigenvalue weighted by atomic mass is 10.0. The van der Waals surface area contributed by atoms with Gasteiger partial charge in [-0.1, -0.05) is 49.0 Å². The Morgan fingerprint density at radius 3 is 2.82 bits per heavy atom. The summed E-state index contributed by atoms with van der Waals surface area (Å²) >= 11 is 2.87. The molecule has 0 radical (unpaired) electrons. The van der Waals surface area contributed by atoms with Gasteiger partial charge in [0.15, 0.2) is 0 Å². The van der Waals surface area contributed by atoms with Gasteiger partial charge in [0.25, 0.3) is 5.24 Å². The summed E-state index contributed by atoms with van der Waals surface area (Å²) < 4.78 is 0. The molecule has 0 aliphatic carbocycles. The first-order valence-electron chi connectivity index (χ1n) is 9.15. The van der Waals surface area contributed by atoms with E-state index in [0.29, 0.717) is 13.1 Å². The van der Waals surface area contributed by atoms with E-state index in [4.69, 9.17) is 0 Å². The maximum atomic E-state index is 12.4. The van der Waals surface area contributed by atoms with E-state index in [1.807, 2.05) is 42.2 Å². The van der Waals surface area contributed by atoms with E-state index < -0.39 is 0 Å². The Morgan fingerprint density at radius 1 is 1.32 bits per heavy atom. The third-order valence-corrected chi connectivity index (χ3v) is 6.29. The van der Waals surface area contributed by atoms with E-state index in [-0.39, 0.29) is 11.1 Å². The maximum absolute atomic E-state index is 12.4. The number of nitrogens with zero attached hydrogens (tertiary/aromatic N) is 2. The molecule has 3 rings (SSSR count). The molecule has 0 fully saturated rings. The average molecular weight is 414 g/mol. The van der Waals surface area contributed by atoms with Crippen LogP contribution in [0.3, 0.4) is 0 Å². The Kier molecular flexibility index (Phi) is 7.06. The van der Waals surface area contributed by atoms with Gasteiger partial charge in [0.05, 0.1) is 6.54 Å². The molecule has 2 amide bonds. The van der Waals surface area contributed by atoms with Gasteiger partial charge in [0.1, 0.15) is 5.00 Å². The Hall–Kier alpha value is -2.38. The first kappa shape index (κ1) is 20.4. The summed E-state index contributed by atoms with van der Waals surface area (Å²) in [6.45, 7) is 3.27. The Labute approximate surface area is 173 Å². The lowest BCUT2D eigenvalue weighted by Gasteiger charge is -2.26. The van der Waals surface area contributed by atoms with Crippen molar-refractivity contribution in [2.75, 3.05) is 24.7 Å². The zero-order chi connectivity index (χ0) is 19.9. The molecule has 0 unspecified atom stereocenters. The number of nitrogens with one attached hydrogen (secondary N) is 1. The largest absolute Gasteiger partial charge is 0.328 e. The molecule has 0 atom stereocenters. The normalized spacial score (nSPS) is 13.9. The Bertz CT molecular complexity index is 904. The number of carbonyl (C=O) groups is 2. The third kappa shape index (κ3) is 4.91. The fourth-order valence-corrected chi connectivity index (χ4v) is 4.87. The number of aliphatic imine (C=N–C) groups is 1. The molecule has 0 spiro atoms. The average Bonchev–Trinajstić information content (AvgIpc) is 3.04. The number of hydrogen-bond donors (Lipinski definition) is 1. The first-order valence-corrected chi connectivity index (χ1v) is 10.9. The highest BCUT2D eigenvalue weighted by atomic mass is 32.2. The van der Waals surface area contributed by atoms with Crippen LogP contribution in [0.1, 0.15) is 28.5 Å². The molecule has 5 nitrogen and oxygen atoms in total. The van der Waals surface area contributed by atoms with Crippen LogP contribution in [0.2, 0.25) is 0 Å². The number of rotatable bonds is 5. The van der Waals surface area contributed by atoms with Crippen molar-refractivity contribution in [3.8, 4) is 0 Å². The van der Waals surface area contributed by atoms with E-state index in [1.165, 1.54) is 34.7 Å². The number of hydrogen-bond acceptors (Lipinski definition) is 5. The van der Waals surface area contributed by atoms with Crippen LogP contribution in [0.5, 0.6) is 0 Å². The van der Waals surface area contributed by atoms with Crippen LogP contribution in [0.15, 0.2) is 41.4 Å². The third-order valence-electron chi connectivity index (χ3n) is 4.35. The summed E-state index contributed by atoms with van der Waals surface area (Å²) in [5.41, 5.74) is 3.11. The summed E-state index contributed by atoms with van der Waals surface area (Å²) in [4.78, 5) is 31.8. The summed E-state index contributed by atoms with van der Waals surface area (Å²) in [6.07, 6.45) is 5.90. The van der Waals surface area contributed by atoms with Crippen molar-refractivity contribution in [2.24, 2.45) is 4.99 Å². The molecule has 1 aromatic heterocycles. The van der Waals surface area contributed by atoms with Gasteiger partial charge in [-0.3, -0.25) is 14.6 Å². The molecule has 2 heterocycles. The minimum Gasteiger partial charge on any atom is -0.328 e. The molecule has 0 saturated heterocycles. The SMILES string of the molecule is CCSC(=O)N1CCc2c(sc(NC(=O)/C=C/c3ccccc3)c2C=NC)C1. The molecule has 1 aliphatic heterocycles. The topological polar surface area (TPSA) is 61.8 Å². The van der Waals surface area contributed by atoms with Gasteiger partial charge in [0.2, 0.25) is 5.91 Å². The fraction of sp³-hybridized carbons (Fsp3) is 0.286. The smallest absolute Gasteiger partial charge is 0.281 e. The second-order valence-electron chi connectivity index (χ2n) is 6.24. The Balaban J connectivity index is 1.77. The van der Waals surface area contributed by atoms with E-state index in [9.17, 15) is 9.59 Å². The van der Waals surface area contributed by atoms with Crippen molar-refractivity contribution in [1.29, 1.82) is 0 Å². The van der Waals surface area contributed by atoms with Gasteiger partial charge in [-0.25, -0.2) is 0 Å². The van der Waals surface area contributed by atoms with Gasteiger partial charge in [-0.05, 0) is 29.4 Å². The zero-order valence-corrected chi connectivity index (χ0v) is 17.6. The summed E-state index contributed by atoms with van der Waals surface area (Å²) in [5.74, 6) is 0.595. The number of amides is 2. The minimum atomic E-state index is -0.178. The van der Waals surface area contributed by atoms with Gasteiger partial charge >= 0.3 is 0 Å². The predicted molar refractivity (Wildman–Crippen MR) is 120 cm³/mol. The molecule has 146 valence electrons. The summed E-state index contributed by atoms with van der Waals surface area (Å²) in [6, 6.07) is 9.71. The van der Waals surface area contributed by atoms with Crippen molar-refractivity contribution in [3.05, 3.63) is 58.0 Å². The van der Waals surface area contributed by atoms with Crippen LogP contribution in [0, 0.1) is 0 Å². The second kappa shape index (κ2) is 9.71. The summed E-state index contributed by atoms with van der Waals surface area (Å²) in [5, 5.41) is 3.89. The number of anilines is 1. The number of fused-ring (bicyclic) bond motifs is 1. The molecule has 1 aromatic carbocycles. The van der Waals surface area contributed by atoms with Crippen molar-refractivity contribution < 1.29 is 9.59 Å². The molecular weight excluding hydrogens is 390 g/mol. The molecule has 28 heavy (non-hydrogen) atoms. The molecule has 0 saturated carbocycles. The van der Waals surface area contributed by atoms with E-state index in [1.54, 1.807) is 19.3 Å². The molecule has 2 aromatic rings. The van der Waals surface area contributed by atoms with E-state index in [2.05, 4.69) is 10.3 Å². The number of thiophene rings is 1. The molecular formula is C21H23N3O2S2. The lowest BCUT2D eigenvalue weighted by Crippen LogP contribution is -2.33. The quantitative estimate of drug-likeness (QED) is 0.572. The molecule has 7 heteroatoms. The highest BCUT2D eigenvalue weighted by Crippen LogP contribution is 2.37. The molecule has 0 bridgehead atoms. The highest BCUT2D eigenvalue weighted by Gasteiger charge is 2.26. The van der Waals surface area contributed by atoms with Crippen LogP contribution >= 0.6 is 23.1 Å². The number of benzene rings is 1. The van der Waals surface area contributed by atoms with Crippen LogP contribution in [0.25, 0.3) is 6.08 Å². The maximum Gasteiger partial charge on any atom is 0.281 e. The van der Waals surface area contributed by atoms with Gasteiger partial charge < -0.3 is 10.2 Å². The van der Waals surface area contributed by atoms with Crippen LogP contribution in [-0.2, 0) is 17.8 Å². The number of carbonyl (C=O) groups excluding carboxylic acids is 2. The van der Waals surface area contributed by atoms with Crippen molar-refractivity contribution >= 4 is 51.5 Å². The summed E-state index contributed by atoms with van der Waals surface area (Å²) in [7, 11) is 1.72. The first-order chi connectivity index (χ1) is 13.6. The zero-order valence-electron chi connectivity index (χ0n) is 16.0. The Morgan fingerprint density at radius 2 is 2.11 bits per heavy atom. The predicted octanol–water partition coefficient (Wildman–Crippen LogP) is 4.68. The number of thioether (sulfide) groups is 1. The standard InChI is InChI=1S/C21H23N3O2S2/c1-3-27-21(26)24-12-11-16-17(13-22-2)20(28-18(16)14-24)23-19(25)10-9-15-7-5-4-6-8-15/h4-10,13H,3,11-12,14H2,1-2H3,(H,23,25)/b10-9+,22-13?. The minimum absolute atomic E-state index is 0.114. The van der Waals surface area contributed by atoms with Gasteiger partial charge in [-0.15, -0.1) is 11.3 Å². The van der Waals surface area contributed by atoms with Crippen LogP contribution in [0.4, 0.5) is 9.80 Å².